The van der Waals surface area contributed by atoms with Crippen LogP contribution in [0.2, 0.25) is 0 Å². The lowest BCUT2D eigenvalue weighted by molar-refractivity contribution is -0.132. The number of amides is 1. The number of hydrogen-bond donors (Lipinski definition) is 2. The maximum atomic E-state index is 13.9. The monoisotopic (exact) mass is 498 g/mol. The third kappa shape index (κ3) is 4.14. The van der Waals surface area contributed by atoms with E-state index in [1.54, 1.807) is 13.0 Å². The average molecular weight is 499 g/mol. The van der Waals surface area contributed by atoms with Gasteiger partial charge in [-0.1, -0.05) is 24.3 Å². The summed E-state index contributed by atoms with van der Waals surface area (Å²) >= 11 is 0. The third-order valence-electron chi connectivity index (χ3n) is 6.82. The van der Waals surface area contributed by atoms with Gasteiger partial charge in [0.2, 0.25) is 5.95 Å². The van der Waals surface area contributed by atoms with E-state index in [1.807, 2.05) is 42.5 Å². The van der Waals surface area contributed by atoms with E-state index >= 15 is 0 Å². The van der Waals surface area contributed by atoms with Gasteiger partial charge in [-0.3, -0.25) is 14.5 Å². The lowest BCUT2D eigenvalue weighted by Crippen LogP contribution is -2.30. The number of nitrogens with zero attached hydrogens (tertiary/aromatic N) is 3. The van der Waals surface area contributed by atoms with Crippen LogP contribution >= 0.6 is 0 Å². The average Bonchev–Trinajstić information content (AvgIpc) is 3.45. The van der Waals surface area contributed by atoms with E-state index in [0.717, 1.165) is 18.8 Å². The van der Waals surface area contributed by atoms with E-state index in [-0.39, 0.29) is 22.8 Å². The van der Waals surface area contributed by atoms with Crippen molar-refractivity contribution < 1.29 is 19.1 Å². The molecule has 1 saturated heterocycles. The lowest BCUT2D eigenvalue weighted by atomic mass is 9.94. The molecule has 5 rings (SSSR count). The third-order valence-corrected chi connectivity index (χ3v) is 6.82. The summed E-state index contributed by atoms with van der Waals surface area (Å²) in [4.78, 5) is 38.0. The molecular formula is C29H27FN4O3. The summed E-state index contributed by atoms with van der Waals surface area (Å²) in [6, 6.07) is 18.0. The summed E-state index contributed by atoms with van der Waals surface area (Å²) in [5, 5.41) is 11.3. The SMILES string of the molecule is CCN(CC)c1ccc(C2/C(=C(\O)c3ccc(F)c(C)c3)C(=O)C(=O)N2c2nc3ccccc3[nH]2)cc1. The van der Waals surface area contributed by atoms with E-state index in [4.69, 9.17) is 0 Å². The summed E-state index contributed by atoms with van der Waals surface area (Å²) in [6.07, 6.45) is 0. The summed E-state index contributed by atoms with van der Waals surface area (Å²) in [5.41, 5.74) is 3.49. The molecule has 2 heterocycles. The van der Waals surface area contributed by atoms with Gasteiger partial charge in [-0.2, -0.15) is 0 Å². The number of imidazole rings is 1. The number of fused-ring (bicyclic) bond motifs is 1. The van der Waals surface area contributed by atoms with Crippen LogP contribution in [0.1, 0.15) is 36.6 Å². The van der Waals surface area contributed by atoms with Crippen molar-refractivity contribution in [1.29, 1.82) is 0 Å². The van der Waals surface area contributed by atoms with Gasteiger partial charge in [0.05, 0.1) is 22.6 Å². The van der Waals surface area contributed by atoms with Gasteiger partial charge >= 0.3 is 5.91 Å². The number of aryl methyl sites for hydroxylation is 1. The Balaban J connectivity index is 1.70. The Kier molecular flexibility index (Phi) is 6.25. The normalized spacial score (nSPS) is 17.1. The zero-order valence-corrected chi connectivity index (χ0v) is 20.8. The second-order valence-electron chi connectivity index (χ2n) is 8.97. The van der Waals surface area contributed by atoms with Crippen LogP contribution in [0.5, 0.6) is 0 Å². The number of H-pyrrole nitrogens is 1. The Hall–Kier alpha value is -4.46. The molecule has 1 atom stereocenters. The second-order valence-corrected chi connectivity index (χ2v) is 8.97. The zero-order chi connectivity index (χ0) is 26.3. The number of ketones is 1. The molecule has 0 saturated carbocycles. The quantitative estimate of drug-likeness (QED) is 0.209. The van der Waals surface area contributed by atoms with E-state index in [1.165, 1.54) is 23.1 Å². The second kappa shape index (κ2) is 9.54. The number of aliphatic hydroxyl groups excluding tert-OH is 1. The van der Waals surface area contributed by atoms with E-state index in [2.05, 4.69) is 28.7 Å². The number of anilines is 2. The Bertz CT molecular complexity index is 1500. The highest BCUT2D eigenvalue weighted by Gasteiger charge is 2.48. The largest absolute Gasteiger partial charge is 0.507 e. The summed E-state index contributed by atoms with van der Waals surface area (Å²) in [6.45, 7) is 7.37. The number of nitrogens with one attached hydrogen (secondary N) is 1. The molecule has 1 unspecified atom stereocenters. The molecule has 2 N–H and O–H groups in total. The lowest BCUT2D eigenvalue weighted by Gasteiger charge is -2.25. The molecule has 7 nitrogen and oxygen atoms in total. The molecule has 4 aromatic rings. The molecule has 8 heteroatoms. The number of rotatable bonds is 6. The number of aromatic nitrogens is 2. The molecular weight excluding hydrogens is 471 g/mol. The van der Waals surface area contributed by atoms with Crippen molar-refractivity contribution >= 4 is 40.1 Å². The summed E-state index contributed by atoms with van der Waals surface area (Å²) in [5.74, 6) is -2.23. The minimum absolute atomic E-state index is 0.0768. The minimum Gasteiger partial charge on any atom is -0.507 e. The van der Waals surface area contributed by atoms with Crippen molar-refractivity contribution in [3.63, 3.8) is 0 Å². The van der Waals surface area contributed by atoms with Crippen molar-refractivity contribution in [2.45, 2.75) is 26.8 Å². The van der Waals surface area contributed by atoms with Crippen molar-refractivity contribution in [2.24, 2.45) is 0 Å². The van der Waals surface area contributed by atoms with E-state index in [0.29, 0.717) is 22.2 Å². The topological polar surface area (TPSA) is 89.5 Å². The minimum atomic E-state index is -0.934. The number of carbonyl (C=O) groups is 2. The predicted molar refractivity (Wildman–Crippen MR) is 142 cm³/mol. The van der Waals surface area contributed by atoms with Gasteiger partial charge in [0, 0.05) is 24.3 Å². The molecule has 0 aliphatic carbocycles. The van der Waals surface area contributed by atoms with Crippen LogP contribution in [0, 0.1) is 12.7 Å². The van der Waals surface area contributed by atoms with Crippen LogP contribution in [-0.2, 0) is 9.59 Å². The first kappa shape index (κ1) is 24.2. The van der Waals surface area contributed by atoms with Crippen LogP contribution in [0.3, 0.4) is 0 Å². The molecule has 0 bridgehead atoms. The number of carbonyl (C=O) groups excluding carboxylic acids is 2. The number of hydrogen-bond acceptors (Lipinski definition) is 5. The van der Waals surface area contributed by atoms with Crippen LogP contribution in [-0.4, -0.2) is 39.9 Å². The zero-order valence-electron chi connectivity index (χ0n) is 20.8. The maximum absolute atomic E-state index is 13.9. The van der Waals surface area contributed by atoms with Gasteiger partial charge < -0.3 is 15.0 Å². The molecule has 0 radical (unpaired) electrons. The van der Waals surface area contributed by atoms with Crippen molar-refractivity contribution in [3.8, 4) is 0 Å². The molecule has 1 fully saturated rings. The van der Waals surface area contributed by atoms with Crippen molar-refractivity contribution in [3.05, 3.63) is 94.8 Å². The number of benzene rings is 3. The highest BCUT2D eigenvalue weighted by molar-refractivity contribution is 6.51. The van der Waals surface area contributed by atoms with Gasteiger partial charge in [0.15, 0.2) is 0 Å². The molecule has 1 aliphatic heterocycles. The molecule has 188 valence electrons. The first-order valence-electron chi connectivity index (χ1n) is 12.2. The highest BCUT2D eigenvalue weighted by atomic mass is 19.1. The number of aliphatic hydroxyl groups is 1. The number of Topliss-reactive ketones (excluding diaryl/α,β-unsaturated/α-hetero) is 1. The van der Waals surface area contributed by atoms with Gasteiger partial charge in [-0.25, -0.2) is 9.37 Å². The molecule has 1 aliphatic rings. The smallest absolute Gasteiger partial charge is 0.302 e. The Morgan fingerprint density at radius 3 is 2.41 bits per heavy atom. The van der Waals surface area contributed by atoms with Crippen LogP contribution < -0.4 is 9.80 Å². The fourth-order valence-corrected chi connectivity index (χ4v) is 4.82. The van der Waals surface area contributed by atoms with Crippen LogP contribution in [0.4, 0.5) is 16.0 Å². The molecule has 1 aromatic heterocycles. The Morgan fingerprint density at radius 2 is 1.76 bits per heavy atom. The van der Waals surface area contributed by atoms with E-state index in [9.17, 15) is 19.1 Å². The molecule has 3 aromatic carbocycles. The standard InChI is InChI=1S/C29H27FN4O3/c1-4-33(5-2)20-13-10-18(11-14-20)25-24(26(35)19-12-15-21(30)17(3)16-19)27(36)28(37)34(25)29-31-22-8-6-7-9-23(22)32-29/h6-16,25,35H,4-5H2,1-3H3,(H,31,32)/b26-24+. The van der Waals surface area contributed by atoms with E-state index < -0.39 is 23.5 Å². The predicted octanol–water partition coefficient (Wildman–Crippen LogP) is 5.48. The summed E-state index contributed by atoms with van der Waals surface area (Å²) in [7, 11) is 0. The summed E-state index contributed by atoms with van der Waals surface area (Å²) < 4.78 is 13.9. The first-order valence-corrected chi connectivity index (χ1v) is 12.2. The fourth-order valence-electron chi connectivity index (χ4n) is 4.82. The van der Waals surface area contributed by atoms with Gasteiger partial charge in [-0.15, -0.1) is 0 Å². The maximum Gasteiger partial charge on any atom is 0.302 e. The number of halogens is 1. The highest BCUT2D eigenvalue weighted by Crippen LogP contribution is 2.42. The first-order chi connectivity index (χ1) is 17.8. The van der Waals surface area contributed by atoms with Crippen molar-refractivity contribution in [2.75, 3.05) is 22.9 Å². The van der Waals surface area contributed by atoms with Crippen LogP contribution in [0.15, 0.2) is 72.3 Å². The molecule has 0 spiro atoms. The van der Waals surface area contributed by atoms with Crippen LogP contribution in [0.25, 0.3) is 16.8 Å². The molecule has 37 heavy (non-hydrogen) atoms. The fraction of sp³-hybridized carbons (Fsp3) is 0.207. The number of aromatic amines is 1. The number of para-hydroxylation sites is 2. The molecule has 1 amide bonds. The van der Waals surface area contributed by atoms with Crippen molar-refractivity contribution in [1.82, 2.24) is 9.97 Å². The van der Waals surface area contributed by atoms with Gasteiger partial charge in [-0.05, 0) is 74.4 Å². The van der Waals surface area contributed by atoms with Gasteiger partial charge in [0.25, 0.3) is 5.78 Å². The Labute approximate surface area is 213 Å². The van der Waals surface area contributed by atoms with Gasteiger partial charge in [0.1, 0.15) is 11.6 Å². The Morgan fingerprint density at radius 1 is 1.05 bits per heavy atom.